The lowest BCUT2D eigenvalue weighted by Gasteiger charge is -2.08. The van der Waals surface area contributed by atoms with E-state index in [1.165, 1.54) is 0 Å². The Kier molecular flexibility index (Phi) is 4.76. The Balaban J connectivity index is 1.75. The molecule has 2 aromatic heterocycles. The second-order valence-electron chi connectivity index (χ2n) is 5.60. The second-order valence-corrected chi connectivity index (χ2v) is 6.52. The van der Waals surface area contributed by atoms with E-state index in [2.05, 4.69) is 31.3 Å². The molecule has 6 heteroatoms. The minimum atomic E-state index is -0.181. The zero-order valence-corrected chi connectivity index (χ0v) is 15.0. The molecule has 0 aliphatic carbocycles. The lowest BCUT2D eigenvalue weighted by Crippen LogP contribution is -2.13. The molecule has 1 aromatic carbocycles. The molecule has 0 aliphatic heterocycles. The molecule has 0 spiro atoms. The van der Waals surface area contributed by atoms with Crippen LogP contribution in [0.25, 0.3) is 0 Å². The predicted octanol–water partition coefficient (Wildman–Crippen LogP) is 3.96. The molecule has 3 rings (SSSR count). The number of nitrogens with one attached hydrogen (secondary N) is 1. The molecule has 122 valence electrons. The maximum atomic E-state index is 12.4. The highest BCUT2D eigenvalue weighted by Gasteiger charge is 2.09. The summed E-state index contributed by atoms with van der Waals surface area (Å²) < 4.78 is 2.80. The Bertz CT molecular complexity index is 871. The monoisotopic (exact) mass is 384 g/mol. The molecule has 0 bridgehead atoms. The average molecular weight is 385 g/mol. The van der Waals surface area contributed by atoms with E-state index in [0.29, 0.717) is 17.9 Å². The summed E-state index contributed by atoms with van der Waals surface area (Å²) in [5, 5.41) is 7.26. The van der Waals surface area contributed by atoms with Crippen molar-refractivity contribution in [1.82, 2.24) is 14.8 Å². The number of benzene rings is 1. The highest BCUT2D eigenvalue weighted by atomic mass is 79.9. The fourth-order valence-electron chi connectivity index (χ4n) is 2.46. The normalized spacial score (nSPS) is 10.6. The van der Waals surface area contributed by atoms with E-state index >= 15 is 0 Å². The van der Waals surface area contributed by atoms with Crippen molar-refractivity contribution in [2.75, 3.05) is 5.32 Å². The van der Waals surface area contributed by atoms with Gasteiger partial charge in [0.05, 0.1) is 12.2 Å². The van der Waals surface area contributed by atoms with Gasteiger partial charge in [0.25, 0.3) is 5.91 Å². The van der Waals surface area contributed by atoms with Gasteiger partial charge in [0, 0.05) is 21.9 Å². The number of hydrogen-bond acceptors (Lipinski definition) is 3. The first-order chi connectivity index (χ1) is 11.5. The van der Waals surface area contributed by atoms with E-state index < -0.39 is 0 Å². The number of aromatic nitrogens is 3. The van der Waals surface area contributed by atoms with Crippen molar-refractivity contribution >= 4 is 27.7 Å². The molecule has 1 N–H and O–H groups in total. The number of nitrogens with zero attached hydrogens (tertiary/aromatic N) is 3. The van der Waals surface area contributed by atoms with Crippen LogP contribution in [0.4, 0.5) is 5.82 Å². The Morgan fingerprint density at radius 1 is 1.21 bits per heavy atom. The molecular formula is C18H17BrN4O. The minimum absolute atomic E-state index is 0.181. The molecule has 0 aliphatic rings. The van der Waals surface area contributed by atoms with E-state index in [-0.39, 0.29) is 5.91 Å². The van der Waals surface area contributed by atoms with Crippen LogP contribution < -0.4 is 5.32 Å². The Morgan fingerprint density at radius 3 is 2.71 bits per heavy atom. The van der Waals surface area contributed by atoms with Gasteiger partial charge in [0.2, 0.25) is 0 Å². The maximum absolute atomic E-state index is 12.4. The van der Waals surface area contributed by atoms with Crippen LogP contribution in [0.5, 0.6) is 0 Å². The molecule has 0 atom stereocenters. The van der Waals surface area contributed by atoms with Gasteiger partial charge in [-0.3, -0.25) is 9.48 Å². The van der Waals surface area contributed by atoms with Crippen molar-refractivity contribution in [3.63, 3.8) is 0 Å². The van der Waals surface area contributed by atoms with Crippen molar-refractivity contribution < 1.29 is 4.79 Å². The first kappa shape index (κ1) is 16.4. The third-order valence-electron chi connectivity index (χ3n) is 3.59. The summed E-state index contributed by atoms with van der Waals surface area (Å²) in [5.41, 5.74) is 3.71. The number of rotatable bonds is 4. The predicted molar refractivity (Wildman–Crippen MR) is 97.1 cm³/mol. The SMILES string of the molecule is Cc1cc(C)n(Cc2cccc(C(=O)Nc3ccc(Br)cn3)c2)n1. The Labute approximate surface area is 148 Å². The molecule has 1 amide bonds. The number of carbonyl (C=O) groups excluding carboxylic acids is 1. The van der Waals surface area contributed by atoms with Gasteiger partial charge in [-0.25, -0.2) is 4.98 Å². The Hall–Kier alpha value is -2.47. The standard InChI is InChI=1S/C18H17BrN4O/c1-12-8-13(2)23(22-12)11-14-4-3-5-15(9-14)18(24)21-17-7-6-16(19)10-20-17/h3-10H,11H2,1-2H3,(H,20,21,24). The maximum Gasteiger partial charge on any atom is 0.256 e. The second kappa shape index (κ2) is 6.97. The summed E-state index contributed by atoms with van der Waals surface area (Å²) in [6, 6.07) is 13.2. The van der Waals surface area contributed by atoms with Gasteiger partial charge in [0.1, 0.15) is 5.82 Å². The zero-order chi connectivity index (χ0) is 17.1. The van der Waals surface area contributed by atoms with Gasteiger partial charge < -0.3 is 5.32 Å². The van der Waals surface area contributed by atoms with E-state index in [1.54, 1.807) is 18.3 Å². The summed E-state index contributed by atoms with van der Waals surface area (Å²) in [6.07, 6.45) is 1.65. The smallest absolute Gasteiger partial charge is 0.256 e. The van der Waals surface area contributed by atoms with Gasteiger partial charge in [-0.05, 0) is 65.7 Å². The molecule has 0 unspecified atom stereocenters. The molecule has 0 saturated carbocycles. The third kappa shape index (κ3) is 3.89. The number of anilines is 1. The summed E-state index contributed by atoms with van der Waals surface area (Å²) in [5.74, 6) is 0.340. The number of halogens is 1. The number of carbonyl (C=O) groups is 1. The van der Waals surface area contributed by atoms with Crippen molar-refractivity contribution in [3.05, 3.63) is 75.6 Å². The van der Waals surface area contributed by atoms with E-state index in [0.717, 1.165) is 21.4 Å². The number of hydrogen-bond donors (Lipinski definition) is 1. The number of amides is 1. The van der Waals surface area contributed by atoms with Crippen LogP contribution >= 0.6 is 15.9 Å². The van der Waals surface area contributed by atoms with Crippen molar-refractivity contribution in [2.45, 2.75) is 20.4 Å². The van der Waals surface area contributed by atoms with Crippen LogP contribution in [0.3, 0.4) is 0 Å². The van der Waals surface area contributed by atoms with Gasteiger partial charge in [-0.15, -0.1) is 0 Å². The van der Waals surface area contributed by atoms with Crippen LogP contribution in [-0.2, 0) is 6.54 Å². The number of aryl methyl sites for hydroxylation is 2. The Morgan fingerprint density at radius 2 is 2.04 bits per heavy atom. The summed E-state index contributed by atoms with van der Waals surface area (Å²) in [7, 11) is 0. The van der Waals surface area contributed by atoms with Crippen LogP contribution in [-0.4, -0.2) is 20.7 Å². The molecule has 0 fully saturated rings. The molecule has 24 heavy (non-hydrogen) atoms. The molecule has 0 saturated heterocycles. The highest BCUT2D eigenvalue weighted by Crippen LogP contribution is 2.13. The molecule has 2 heterocycles. The third-order valence-corrected chi connectivity index (χ3v) is 4.06. The van der Waals surface area contributed by atoms with E-state index in [1.807, 2.05) is 48.9 Å². The molecular weight excluding hydrogens is 368 g/mol. The first-order valence-electron chi connectivity index (χ1n) is 7.54. The number of pyridine rings is 1. The van der Waals surface area contributed by atoms with E-state index in [9.17, 15) is 4.79 Å². The van der Waals surface area contributed by atoms with Gasteiger partial charge in [-0.2, -0.15) is 5.10 Å². The van der Waals surface area contributed by atoms with Crippen molar-refractivity contribution in [2.24, 2.45) is 0 Å². The van der Waals surface area contributed by atoms with Gasteiger partial charge >= 0.3 is 0 Å². The lowest BCUT2D eigenvalue weighted by atomic mass is 10.1. The van der Waals surface area contributed by atoms with Crippen molar-refractivity contribution in [1.29, 1.82) is 0 Å². The average Bonchev–Trinajstić information content (AvgIpc) is 2.87. The highest BCUT2D eigenvalue weighted by molar-refractivity contribution is 9.10. The largest absolute Gasteiger partial charge is 0.307 e. The van der Waals surface area contributed by atoms with Crippen LogP contribution in [0.2, 0.25) is 0 Å². The topological polar surface area (TPSA) is 59.8 Å². The fourth-order valence-corrected chi connectivity index (χ4v) is 2.69. The van der Waals surface area contributed by atoms with E-state index in [4.69, 9.17) is 0 Å². The summed E-state index contributed by atoms with van der Waals surface area (Å²) in [4.78, 5) is 16.5. The quantitative estimate of drug-likeness (QED) is 0.740. The minimum Gasteiger partial charge on any atom is -0.307 e. The summed E-state index contributed by atoms with van der Waals surface area (Å²) in [6.45, 7) is 4.63. The van der Waals surface area contributed by atoms with Crippen LogP contribution in [0, 0.1) is 13.8 Å². The van der Waals surface area contributed by atoms with Crippen molar-refractivity contribution in [3.8, 4) is 0 Å². The van der Waals surface area contributed by atoms with Gasteiger partial charge in [-0.1, -0.05) is 12.1 Å². The first-order valence-corrected chi connectivity index (χ1v) is 8.33. The van der Waals surface area contributed by atoms with Gasteiger partial charge in [0.15, 0.2) is 0 Å². The zero-order valence-electron chi connectivity index (χ0n) is 13.5. The molecule has 3 aromatic rings. The molecule has 5 nitrogen and oxygen atoms in total. The molecule has 0 radical (unpaired) electrons. The summed E-state index contributed by atoms with van der Waals surface area (Å²) >= 11 is 3.32. The fraction of sp³-hybridized carbons (Fsp3) is 0.167. The van der Waals surface area contributed by atoms with Crippen LogP contribution in [0.1, 0.15) is 27.3 Å². The van der Waals surface area contributed by atoms with Crippen LogP contribution in [0.15, 0.2) is 53.1 Å². The lowest BCUT2D eigenvalue weighted by molar-refractivity contribution is 0.102.